The van der Waals surface area contributed by atoms with E-state index in [1.54, 1.807) is 30.9 Å². The van der Waals surface area contributed by atoms with Gasteiger partial charge in [0.1, 0.15) is 5.82 Å². The monoisotopic (exact) mass is 567 g/mol. The molecule has 218 valence electrons. The normalized spacial score (nSPS) is 18.1. The van der Waals surface area contributed by atoms with E-state index in [4.69, 9.17) is 0 Å². The van der Waals surface area contributed by atoms with Gasteiger partial charge in [-0.15, -0.1) is 0 Å². The van der Waals surface area contributed by atoms with Crippen LogP contribution in [0.5, 0.6) is 0 Å². The minimum atomic E-state index is -4.41. The first-order valence-electron chi connectivity index (χ1n) is 14.0. The van der Waals surface area contributed by atoms with Crippen molar-refractivity contribution in [1.82, 2.24) is 29.7 Å². The maximum Gasteiger partial charge on any atom is 0.416 e. The molecule has 0 aliphatic carbocycles. The van der Waals surface area contributed by atoms with Crippen molar-refractivity contribution in [2.75, 3.05) is 64.3 Å². The van der Waals surface area contributed by atoms with Gasteiger partial charge in [-0.25, -0.2) is 4.98 Å². The van der Waals surface area contributed by atoms with Gasteiger partial charge in [0.15, 0.2) is 0 Å². The highest BCUT2D eigenvalue weighted by atomic mass is 19.4. The number of halogens is 3. The lowest BCUT2D eigenvalue weighted by Crippen LogP contribution is -2.53. The molecule has 8 nitrogen and oxygen atoms in total. The Labute approximate surface area is 238 Å². The molecule has 2 aromatic heterocycles. The van der Waals surface area contributed by atoms with Crippen molar-refractivity contribution in [2.24, 2.45) is 0 Å². The number of hydrogen-bond acceptors (Lipinski definition) is 7. The van der Waals surface area contributed by atoms with Crippen molar-refractivity contribution < 1.29 is 18.0 Å². The zero-order chi connectivity index (χ0) is 28.9. The average molecular weight is 568 g/mol. The Bertz CT molecular complexity index is 1280. The Kier molecular flexibility index (Phi) is 8.84. The highest BCUT2D eigenvalue weighted by molar-refractivity contribution is 5.78. The van der Waals surface area contributed by atoms with E-state index in [1.165, 1.54) is 12.1 Å². The summed E-state index contributed by atoms with van der Waals surface area (Å²) < 4.78 is 40.9. The lowest BCUT2D eigenvalue weighted by atomic mass is 9.72. The number of carbonyl (C=O) groups is 1. The number of rotatable bonds is 8. The zero-order valence-corrected chi connectivity index (χ0v) is 23.3. The Hall–Kier alpha value is -3.57. The van der Waals surface area contributed by atoms with Crippen molar-refractivity contribution in [1.29, 1.82) is 0 Å². The molecule has 1 aromatic carbocycles. The average Bonchev–Trinajstić information content (AvgIpc) is 2.98. The van der Waals surface area contributed by atoms with Gasteiger partial charge < -0.3 is 9.80 Å². The van der Waals surface area contributed by atoms with Gasteiger partial charge in [0.25, 0.3) is 0 Å². The van der Waals surface area contributed by atoms with Crippen LogP contribution in [-0.4, -0.2) is 95.0 Å². The fourth-order valence-electron chi connectivity index (χ4n) is 5.97. The van der Waals surface area contributed by atoms with Crippen molar-refractivity contribution >= 4 is 11.7 Å². The quantitative estimate of drug-likeness (QED) is 0.411. The topological polar surface area (TPSA) is 68.7 Å². The summed E-state index contributed by atoms with van der Waals surface area (Å²) in [7, 11) is 1.97. The molecule has 1 amide bonds. The van der Waals surface area contributed by atoms with Gasteiger partial charge >= 0.3 is 6.18 Å². The molecule has 2 fully saturated rings. The van der Waals surface area contributed by atoms with Crippen LogP contribution in [0.3, 0.4) is 0 Å². The number of hydrogen-bond donors (Lipinski definition) is 0. The molecule has 0 unspecified atom stereocenters. The van der Waals surface area contributed by atoms with Crippen molar-refractivity contribution in [3.8, 4) is 0 Å². The van der Waals surface area contributed by atoms with Gasteiger partial charge in [-0.05, 0) is 43.7 Å². The van der Waals surface area contributed by atoms with Crippen LogP contribution in [-0.2, 0) is 22.9 Å². The molecule has 0 saturated carbocycles. The number of pyridine rings is 1. The number of likely N-dealkylation sites (N-methyl/N-ethyl adjacent to an activating group) is 1. The van der Waals surface area contributed by atoms with Crippen LogP contribution in [0.4, 0.5) is 19.0 Å². The van der Waals surface area contributed by atoms with E-state index in [1.807, 2.05) is 30.1 Å². The number of benzene rings is 1. The lowest BCUT2D eigenvalue weighted by molar-refractivity contribution is -0.137. The predicted molar refractivity (Wildman–Crippen MR) is 150 cm³/mol. The molecule has 2 saturated heterocycles. The molecule has 0 radical (unpaired) electrons. The largest absolute Gasteiger partial charge is 0.416 e. The van der Waals surface area contributed by atoms with Gasteiger partial charge in [-0.2, -0.15) is 13.2 Å². The number of anilines is 1. The third-order valence-corrected chi connectivity index (χ3v) is 8.21. The fraction of sp³-hybridized carbons (Fsp3) is 0.467. The number of amides is 1. The molecule has 11 heteroatoms. The van der Waals surface area contributed by atoms with Crippen LogP contribution in [0, 0.1) is 0 Å². The van der Waals surface area contributed by atoms with Crippen LogP contribution in [0.15, 0.2) is 67.3 Å². The molecule has 2 aliphatic rings. The second-order valence-corrected chi connectivity index (χ2v) is 11.1. The smallest absolute Gasteiger partial charge is 0.353 e. The van der Waals surface area contributed by atoms with E-state index in [0.29, 0.717) is 51.1 Å². The first kappa shape index (κ1) is 28.9. The molecule has 4 heterocycles. The molecular formula is C30H36F3N7O. The molecule has 0 spiro atoms. The molecule has 0 N–H and O–H groups in total. The van der Waals surface area contributed by atoms with E-state index in [0.717, 1.165) is 43.8 Å². The summed E-state index contributed by atoms with van der Waals surface area (Å²) in [6.07, 6.45) is 3.59. The SMILES string of the molecule is CN(Cc1ccccn1)CC1(c2cccc(C(F)(F)F)c2)CCN(C(=O)CN2CCN(c3cnccn3)CC2)CC1. The van der Waals surface area contributed by atoms with Gasteiger partial charge in [-0.3, -0.25) is 24.6 Å². The molecule has 3 aromatic rings. The summed E-state index contributed by atoms with van der Waals surface area (Å²) in [4.78, 5) is 34.5. The van der Waals surface area contributed by atoms with Crippen molar-refractivity contribution in [2.45, 2.75) is 31.0 Å². The summed E-state index contributed by atoms with van der Waals surface area (Å²) >= 11 is 0. The first-order valence-corrected chi connectivity index (χ1v) is 14.0. The molecule has 41 heavy (non-hydrogen) atoms. The first-order chi connectivity index (χ1) is 19.7. The highest BCUT2D eigenvalue weighted by Crippen LogP contribution is 2.39. The highest BCUT2D eigenvalue weighted by Gasteiger charge is 2.40. The van der Waals surface area contributed by atoms with E-state index in [-0.39, 0.29) is 5.91 Å². The number of piperidine rings is 1. The van der Waals surface area contributed by atoms with E-state index >= 15 is 0 Å². The van der Waals surface area contributed by atoms with Gasteiger partial charge in [-0.1, -0.05) is 24.3 Å². The van der Waals surface area contributed by atoms with Crippen molar-refractivity contribution in [3.63, 3.8) is 0 Å². The minimum absolute atomic E-state index is 0.0671. The van der Waals surface area contributed by atoms with Crippen LogP contribution < -0.4 is 4.90 Å². The molecule has 5 rings (SSSR count). The maximum absolute atomic E-state index is 13.6. The van der Waals surface area contributed by atoms with Crippen LogP contribution in [0.1, 0.15) is 29.7 Å². The summed E-state index contributed by atoms with van der Waals surface area (Å²) in [5, 5.41) is 0. The van der Waals surface area contributed by atoms with Gasteiger partial charge in [0, 0.05) is 76.4 Å². The number of likely N-dealkylation sites (tertiary alicyclic amines) is 1. The van der Waals surface area contributed by atoms with E-state index < -0.39 is 17.2 Å². The van der Waals surface area contributed by atoms with Crippen molar-refractivity contribution in [3.05, 3.63) is 84.1 Å². The minimum Gasteiger partial charge on any atom is -0.353 e. The molecule has 0 bridgehead atoms. The van der Waals surface area contributed by atoms with Crippen LogP contribution in [0.25, 0.3) is 0 Å². The van der Waals surface area contributed by atoms with E-state index in [2.05, 4.69) is 29.7 Å². The summed E-state index contributed by atoms with van der Waals surface area (Å²) in [5.74, 6) is 0.908. The number of piperazine rings is 1. The Balaban J connectivity index is 1.24. The fourth-order valence-corrected chi connectivity index (χ4v) is 5.97. The Morgan fingerprint density at radius 1 is 0.951 bits per heavy atom. The molecule has 2 aliphatic heterocycles. The van der Waals surface area contributed by atoms with Crippen LogP contribution in [0.2, 0.25) is 0 Å². The van der Waals surface area contributed by atoms with Gasteiger partial charge in [0.05, 0.1) is 24.0 Å². The van der Waals surface area contributed by atoms with Gasteiger partial charge in [0.2, 0.25) is 5.91 Å². The summed E-state index contributed by atoms with van der Waals surface area (Å²) in [5.41, 5.74) is 0.429. The zero-order valence-electron chi connectivity index (χ0n) is 23.3. The Morgan fingerprint density at radius 3 is 2.39 bits per heavy atom. The third-order valence-electron chi connectivity index (χ3n) is 8.21. The lowest BCUT2D eigenvalue weighted by Gasteiger charge is -2.45. The number of alkyl halides is 3. The second-order valence-electron chi connectivity index (χ2n) is 11.1. The van der Waals surface area contributed by atoms with Crippen LogP contribution >= 0.6 is 0 Å². The third kappa shape index (κ3) is 7.20. The Morgan fingerprint density at radius 2 is 1.73 bits per heavy atom. The number of aromatic nitrogens is 3. The van der Waals surface area contributed by atoms with E-state index in [9.17, 15) is 18.0 Å². The molecular weight excluding hydrogens is 531 g/mol. The standard InChI is InChI=1S/C30H36F3N7O/c1-37(21-26-7-2-3-10-35-26)23-29(24-5-4-6-25(19-24)30(31,32)33)8-13-40(14-9-29)28(41)22-38-15-17-39(18-16-38)27-20-34-11-12-36-27/h2-7,10-12,19-20H,8-9,13-18,21-23H2,1H3. The maximum atomic E-state index is 13.6. The second kappa shape index (κ2) is 12.5. The summed E-state index contributed by atoms with van der Waals surface area (Å²) in [6.45, 7) is 5.55. The summed E-state index contributed by atoms with van der Waals surface area (Å²) in [6, 6.07) is 11.5. The number of carbonyl (C=O) groups excluding carboxylic acids is 1. The number of nitrogens with zero attached hydrogens (tertiary/aromatic N) is 7. The molecule has 0 atom stereocenters. The predicted octanol–water partition coefficient (Wildman–Crippen LogP) is 3.70.